The Bertz CT molecular complexity index is 1220. The molecule has 1 N–H and O–H groups in total. The van der Waals surface area contributed by atoms with Crippen LogP contribution < -0.4 is 15.6 Å². The zero-order valence-corrected chi connectivity index (χ0v) is 15.4. The summed E-state index contributed by atoms with van der Waals surface area (Å²) in [7, 11) is 1.85. The summed E-state index contributed by atoms with van der Waals surface area (Å²) in [4.78, 5) is 25.5. The minimum absolute atomic E-state index is 0.287. The molecule has 27 heavy (non-hydrogen) atoms. The van der Waals surface area contributed by atoms with Crippen LogP contribution in [0, 0.1) is 6.92 Å². The van der Waals surface area contributed by atoms with E-state index in [0.29, 0.717) is 23.9 Å². The van der Waals surface area contributed by atoms with Gasteiger partial charge in [-0.1, -0.05) is 12.1 Å². The molecule has 0 unspecified atom stereocenters. The highest BCUT2D eigenvalue weighted by Gasteiger charge is 2.11. The number of anilines is 2. The van der Waals surface area contributed by atoms with E-state index < -0.39 is 0 Å². The maximum atomic E-state index is 12.3. The molecule has 0 atom stereocenters. The van der Waals surface area contributed by atoms with Crippen LogP contribution >= 0.6 is 0 Å². The minimum atomic E-state index is -0.287. The fourth-order valence-corrected chi connectivity index (χ4v) is 3.08. The highest BCUT2D eigenvalue weighted by atomic mass is 16.5. The molecule has 0 aliphatic heterocycles. The molecule has 0 saturated carbocycles. The van der Waals surface area contributed by atoms with Gasteiger partial charge in [0, 0.05) is 12.4 Å². The first kappa shape index (κ1) is 17.0. The van der Waals surface area contributed by atoms with E-state index in [1.54, 1.807) is 6.07 Å². The van der Waals surface area contributed by atoms with Crippen LogP contribution in [0.2, 0.25) is 0 Å². The van der Waals surface area contributed by atoms with E-state index in [4.69, 9.17) is 4.74 Å². The van der Waals surface area contributed by atoms with Crippen molar-refractivity contribution in [2.24, 2.45) is 7.05 Å². The maximum absolute atomic E-state index is 12.3. The highest BCUT2D eigenvalue weighted by Crippen LogP contribution is 2.24. The molecule has 0 spiro atoms. The Morgan fingerprint density at radius 2 is 1.89 bits per heavy atom. The molecule has 7 nitrogen and oxygen atoms in total. The molecular formula is C20H19N5O2. The van der Waals surface area contributed by atoms with E-state index in [1.165, 1.54) is 0 Å². The molecule has 136 valence electrons. The first-order chi connectivity index (χ1) is 13.1. The van der Waals surface area contributed by atoms with Crippen molar-refractivity contribution in [3.63, 3.8) is 0 Å². The lowest BCUT2D eigenvalue weighted by Gasteiger charge is -2.13. The summed E-state index contributed by atoms with van der Waals surface area (Å²) in [6.45, 7) is 4.46. The van der Waals surface area contributed by atoms with E-state index in [1.807, 2.05) is 61.9 Å². The Balaban J connectivity index is 1.78. The number of aromatic nitrogens is 4. The third-order valence-electron chi connectivity index (χ3n) is 4.41. The summed E-state index contributed by atoms with van der Waals surface area (Å²) >= 11 is 0. The largest absolute Gasteiger partial charge is 0.494 e. The van der Waals surface area contributed by atoms with Crippen LogP contribution in [0.1, 0.15) is 12.6 Å². The van der Waals surface area contributed by atoms with E-state index >= 15 is 0 Å². The molecule has 0 saturated heterocycles. The molecule has 0 amide bonds. The fraction of sp³-hybridized carbons (Fsp3) is 0.200. The smallest absolute Gasteiger partial charge is 0.282 e. The Morgan fingerprint density at radius 1 is 1.07 bits per heavy atom. The molecule has 2 heterocycles. The molecule has 0 radical (unpaired) electrons. The van der Waals surface area contributed by atoms with Gasteiger partial charge in [-0.05, 0) is 44.2 Å². The summed E-state index contributed by atoms with van der Waals surface area (Å²) in [6.07, 6.45) is 0. The molecule has 2 aromatic carbocycles. The fourth-order valence-electron chi connectivity index (χ4n) is 3.08. The molecular weight excluding hydrogens is 342 g/mol. The van der Waals surface area contributed by atoms with Crippen LogP contribution in [0.5, 0.6) is 5.75 Å². The average molecular weight is 361 g/mol. The highest BCUT2D eigenvalue weighted by molar-refractivity contribution is 5.84. The van der Waals surface area contributed by atoms with E-state index in [0.717, 1.165) is 27.9 Å². The van der Waals surface area contributed by atoms with Crippen LogP contribution in [0.3, 0.4) is 0 Å². The van der Waals surface area contributed by atoms with Gasteiger partial charge >= 0.3 is 0 Å². The van der Waals surface area contributed by atoms with Gasteiger partial charge in [0.25, 0.3) is 5.56 Å². The van der Waals surface area contributed by atoms with Crippen molar-refractivity contribution < 1.29 is 4.74 Å². The standard InChI is InChI=1S/C20H19N5O2/c1-4-27-13-9-10-16-15(11-13)12(2)21-19(22-16)24-20-23-18(26)14-7-5-6-8-17(14)25(20)3/h5-11H,4H2,1-3H3,(H,21,22,23,24,26). The summed E-state index contributed by atoms with van der Waals surface area (Å²) in [5, 5.41) is 4.57. The number of hydrogen-bond acceptors (Lipinski definition) is 6. The second-order valence-electron chi connectivity index (χ2n) is 6.19. The number of benzene rings is 2. The molecule has 0 fully saturated rings. The number of nitrogens with zero attached hydrogens (tertiary/aromatic N) is 4. The van der Waals surface area contributed by atoms with Crippen molar-refractivity contribution in [2.75, 3.05) is 11.9 Å². The van der Waals surface area contributed by atoms with Gasteiger partial charge < -0.3 is 9.30 Å². The monoisotopic (exact) mass is 361 g/mol. The number of fused-ring (bicyclic) bond motifs is 2. The summed E-state index contributed by atoms with van der Waals surface area (Å²) in [5.74, 6) is 1.57. The lowest BCUT2D eigenvalue weighted by atomic mass is 10.2. The number of aryl methyl sites for hydroxylation is 2. The summed E-state index contributed by atoms with van der Waals surface area (Å²) in [5.41, 5.74) is 2.11. The Morgan fingerprint density at radius 3 is 2.70 bits per heavy atom. The van der Waals surface area contributed by atoms with Crippen LogP contribution in [-0.4, -0.2) is 26.1 Å². The maximum Gasteiger partial charge on any atom is 0.282 e. The lowest BCUT2D eigenvalue weighted by molar-refractivity contribution is 0.340. The van der Waals surface area contributed by atoms with Crippen molar-refractivity contribution in [2.45, 2.75) is 13.8 Å². The van der Waals surface area contributed by atoms with Gasteiger partial charge in [0.15, 0.2) is 0 Å². The predicted molar refractivity (Wildman–Crippen MR) is 106 cm³/mol. The number of para-hydroxylation sites is 1. The van der Waals surface area contributed by atoms with Gasteiger partial charge in [-0.2, -0.15) is 4.98 Å². The SMILES string of the molecule is CCOc1ccc2nc(Nc3nc(=O)c4ccccc4n3C)nc(C)c2c1. The number of nitrogens with one attached hydrogen (secondary N) is 1. The van der Waals surface area contributed by atoms with Gasteiger partial charge in [-0.15, -0.1) is 0 Å². The summed E-state index contributed by atoms with van der Waals surface area (Å²) in [6, 6.07) is 13.1. The van der Waals surface area contributed by atoms with Gasteiger partial charge in [0.2, 0.25) is 11.9 Å². The first-order valence-electron chi connectivity index (χ1n) is 8.71. The van der Waals surface area contributed by atoms with Crippen LogP contribution in [0.15, 0.2) is 47.3 Å². The van der Waals surface area contributed by atoms with E-state index in [-0.39, 0.29) is 5.56 Å². The third-order valence-corrected chi connectivity index (χ3v) is 4.41. The van der Waals surface area contributed by atoms with Crippen molar-refractivity contribution in [3.8, 4) is 5.75 Å². The Kier molecular flexibility index (Phi) is 4.19. The molecule has 7 heteroatoms. The van der Waals surface area contributed by atoms with Crippen molar-refractivity contribution in [1.82, 2.24) is 19.5 Å². The van der Waals surface area contributed by atoms with Crippen molar-refractivity contribution >= 4 is 33.7 Å². The van der Waals surface area contributed by atoms with E-state index in [9.17, 15) is 4.79 Å². The Labute approximate surface area is 155 Å². The molecule has 4 aromatic rings. The molecule has 0 aliphatic rings. The first-order valence-corrected chi connectivity index (χ1v) is 8.71. The van der Waals surface area contributed by atoms with Crippen molar-refractivity contribution in [1.29, 1.82) is 0 Å². The third kappa shape index (κ3) is 3.08. The van der Waals surface area contributed by atoms with Crippen LogP contribution in [0.25, 0.3) is 21.8 Å². The normalized spacial score (nSPS) is 11.1. The van der Waals surface area contributed by atoms with Gasteiger partial charge in [0.1, 0.15) is 5.75 Å². The number of rotatable bonds is 4. The van der Waals surface area contributed by atoms with Gasteiger partial charge in [-0.25, -0.2) is 9.97 Å². The van der Waals surface area contributed by atoms with Gasteiger partial charge in [0.05, 0.1) is 28.7 Å². The molecule has 2 aromatic heterocycles. The number of hydrogen-bond donors (Lipinski definition) is 1. The second-order valence-corrected chi connectivity index (χ2v) is 6.19. The number of ether oxygens (including phenoxy) is 1. The molecule has 4 rings (SSSR count). The quantitative estimate of drug-likeness (QED) is 0.600. The van der Waals surface area contributed by atoms with Crippen LogP contribution in [-0.2, 0) is 7.05 Å². The van der Waals surface area contributed by atoms with Gasteiger partial charge in [-0.3, -0.25) is 10.1 Å². The predicted octanol–water partition coefficient (Wildman–Crippen LogP) is 3.33. The molecule has 0 bridgehead atoms. The topological polar surface area (TPSA) is 81.9 Å². The lowest BCUT2D eigenvalue weighted by Crippen LogP contribution is -2.16. The molecule has 0 aliphatic carbocycles. The second kappa shape index (κ2) is 6.68. The zero-order valence-electron chi connectivity index (χ0n) is 15.4. The summed E-state index contributed by atoms with van der Waals surface area (Å²) < 4.78 is 7.36. The van der Waals surface area contributed by atoms with Crippen molar-refractivity contribution in [3.05, 3.63) is 58.5 Å². The Hall–Kier alpha value is -3.48. The van der Waals surface area contributed by atoms with E-state index in [2.05, 4.69) is 20.3 Å². The average Bonchev–Trinajstić information content (AvgIpc) is 2.67. The van der Waals surface area contributed by atoms with Crippen LogP contribution in [0.4, 0.5) is 11.9 Å². The minimum Gasteiger partial charge on any atom is -0.494 e. The zero-order chi connectivity index (χ0) is 19.0.